The maximum atomic E-state index is 6.24. The van der Waals surface area contributed by atoms with E-state index in [9.17, 15) is 0 Å². The molecule has 0 radical (unpaired) electrons. The first-order valence-corrected chi connectivity index (χ1v) is 7.22. The molecule has 1 atom stereocenters. The predicted octanol–water partition coefficient (Wildman–Crippen LogP) is 4.21. The van der Waals surface area contributed by atoms with E-state index in [0.717, 1.165) is 17.1 Å². The molecule has 21 heavy (non-hydrogen) atoms. The maximum Gasteiger partial charge on any atom is 0.124 e. The van der Waals surface area contributed by atoms with Crippen LogP contribution in [0, 0.1) is 0 Å². The highest BCUT2D eigenvalue weighted by atomic mass is 35.5. The van der Waals surface area contributed by atoms with Crippen LogP contribution in [-0.4, -0.2) is 14.2 Å². The lowest BCUT2D eigenvalue weighted by Gasteiger charge is -2.17. The third-order valence-electron chi connectivity index (χ3n) is 3.50. The number of hydrogen-bond donors (Lipinski definition) is 1. The van der Waals surface area contributed by atoms with Crippen molar-refractivity contribution >= 4 is 11.6 Å². The Kier molecular flexibility index (Phi) is 5.48. The summed E-state index contributed by atoms with van der Waals surface area (Å²) in [5, 5.41) is 4.17. The van der Waals surface area contributed by atoms with Crippen molar-refractivity contribution in [3.05, 3.63) is 58.6 Å². The molecule has 2 aromatic carbocycles. The molecule has 0 heterocycles. The van der Waals surface area contributed by atoms with Crippen LogP contribution in [0.3, 0.4) is 0 Å². The van der Waals surface area contributed by atoms with Gasteiger partial charge in [0.15, 0.2) is 0 Å². The number of ether oxygens (including phenoxy) is 2. The minimum absolute atomic E-state index is 0.205. The molecule has 2 rings (SSSR count). The van der Waals surface area contributed by atoms with Crippen molar-refractivity contribution in [2.24, 2.45) is 0 Å². The largest absolute Gasteiger partial charge is 0.497 e. The molecule has 4 heteroatoms. The van der Waals surface area contributed by atoms with Gasteiger partial charge in [-0.05, 0) is 36.8 Å². The van der Waals surface area contributed by atoms with Crippen LogP contribution in [-0.2, 0) is 6.54 Å². The van der Waals surface area contributed by atoms with Crippen LogP contribution in [0.25, 0.3) is 0 Å². The minimum atomic E-state index is 0.205. The molecule has 0 saturated heterocycles. The molecule has 112 valence electrons. The maximum absolute atomic E-state index is 6.24. The van der Waals surface area contributed by atoms with Crippen molar-refractivity contribution in [2.75, 3.05) is 14.2 Å². The molecule has 0 amide bonds. The highest BCUT2D eigenvalue weighted by Crippen LogP contribution is 2.27. The Hall–Kier alpha value is -1.71. The second-order valence-electron chi connectivity index (χ2n) is 4.80. The van der Waals surface area contributed by atoms with E-state index < -0.39 is 0 Å². The van der Waals surface area contributed by atoms with Gasteiger partial charge in [0, 0.05) is 23.2 Å². The van der Waals surface area contributed by atoms with Crippen LogP contribution in [0.1, 0.15) is 24.1 Å². The van der Waals surface area contributed by atoms with Gasteiger partial charge in [-0.25, -0.2) is 0 Å². The lowest BCUT2D eigenvalue weighted by Crippen LogP contribution is -2.18. The summed E-state index contributed by atoms with van der Waals surface area (Å²) in [7, 11) is 3.32. The Morgan fingerprint density at radius 2 is 1.76 bits per heavy atom. The number of benzene rings is 2. The van der Waals surface area contributed by atoms with Crippen LogP contribution >= 0.6 is 11.6 Å². The highest BCUT2D eigenvalue weighted by Gasteiger charge is 2.10. The van der Waals surface area contributed by atoms with E-state index in [4.69, 9.17) is 21.1 Å². The Bertz CT molecular complexity index is 584. The highest BCUT2D eigenvalue weighted by molar-refractivity contribution is 6.31. The Balaban J connectivity index is 2.05. The fourth-order valence-corrected chi connectivity index (χ4v) is 2.40. The number of nitrogens with one attached hydrogen (secondary N) is 1. The van der Waals surface area contributed by atoms with Gasteiger partial charge in [0.05, 0.1) is 14.2 Å². The quantitative estimate of drug-likeness (QED) is 0.867. The lowest BCUT2D eigenvalue weighted by atomic mass is 10.1. The topological polar surface area (TPSA) is 30.5 Å². The molecule has 0 spiro atoms. The van der Waals surface area contributed by atoms with E-state index >= 15 is 0 Å². The van der Waals surface area contributed by atoms with E-state index in [1.165, 1.54) is 5.56 Å². The number of hydrogen-bond acceptors (Lipinski definition) is 3. The van der Waals surface area contributed by atoms with Gasteiger partial charge in [-0.15, -0.1) is 0 Å². The van der Waals surface area contributed by atoms with Crippen LogP contribution in [0.4, 0.5) is 0 Å². The lowest BCUT2D eigenvalue weighted by molar-refractivity contribution is 0.406. The Morgan fingerprint density at radius 3 is 2.38 bits per heavy atom. The number of methoxy groups -OCH3 is 2. The van der Waals surface area contributed by atoms with Crippen molar-refractivity contribution in [1.29, 1.82) is 0 Å². The van der Waals surface area contributed by atoms with Gasteiger partial charge >= 0.3 is 0 Å². The van der Waals surface area contributed by atoms with Crippen molar-refractivity contribution < 1.29 is 9.47 Å². The second-order valence-corrected chi connectivity index (χ2v) is 5.20. The first kappa shape index (κ1) is 15.7. The van der Waals surface area contributed by atoms with Gasteiger partial charge in [0.2, 0.25) is 0 Å². The van der Waals surface area contributed by atoms with Gasteiger partial charge in [-0.2, -0.15) is 0 Å². The molecule has 0 unspecified atom stereocenters. The molecular formula is C17H20ClNO2. The first-order valence-electron chi connectivity index (χ1n) is 6.84. The zero-order valence-corrected chi connectivity index (χ0v) is 13.3. The smallest absolute Gasteiger partial charge is 0.124 e. The van der Waals surface area contributed by atoms with Crippen molar-refractivity contribution in [2.45, 2.75) is 19.5 Å². The molecular weight excluding hydrogens is 286 g/mol. The molecule has 0 bridgehead atoms. The Labute approximate surface area is 130 Å². The van der Waals surface area contributed by atoms with Crippen LogP contribution in [0.2, 0.25) is 5.02 Å². The summed E-state index contributed by atoms with van der Waals surface area (Å²) in [4.78, 5) is 0. The summed E-state index contributed by atoms with van der Waals surface area (Å²) < 4.78 is 10.5. The first-order chi connectivity index (χ1) is 10.2. The number of halogens is 1. The fraction of sp³-hybridized carbons (Fsp3) is 0.294. The third kappa shape index (κ3) is 3.90. The van der Waals surface area contributed by atoms with E-state index in [1.54, 1.807) is 14.2 Å². The van der Waals surface area contributed by atoms with Crippen molar-refractivity contribution in [3.8, 4) is 11.5 Å². The molecule has 0 aliphatic rings. The molecule has 2 aromatic rings. The van der Waals surface area contributed by atoms with Crippen LogP contribution < -0.4 is 14.8 Å². The number of rotatable bonds is 6. The minimum Gasteiger partial charge on any atom is -0.497 e. The molecule has 1 N–H and O–H groups in total. The predicted molar refractivity (Wildman–Crippen MR) is 86.3 cm³/mol. The third-order valence-corrected chi connectivity index (χ3v) is 3.85. The standard InChI is InChI=1S/C17H20ClNO2/c1-12(13-7-9-14(20-2)10-8-13)19-11-15-16(18)5-4-6-17(15)21-3/h4-10,12,19H,11H2,1-3H3/t12-/m1/s1. The average molecular weight is 306 g/mol. The second kappa shape index (κ2) is 7.34. The van der Waals surface area contributed by atoms with Gasteiger partial charge < -0.3 is 14.8 Å². The average Bonchev–Trinajstić information content (AvgIpc) is 2.53. The van der Waals surface area contributed by atoms with Crippen LogP contribution in [0.5, 0.6) is 11.5 Å². The molecule has 0 fully saturated rings. The fourth-order valence-electron chi connectivity index (χ4n) is 2.17. The summed E-state index contributed by atoms with van der Waals surface area (Å²) in [5.74, 6) is 1.66. The zero-order valence-electron chi connectivity index (χ0n) is 12.5. The van der Waals surface area contributed by atoms with Gasteiger partial charge in [0.25, 0.3) is 0 Å². The van der Waals surface area contributed by atoms with Gasteiger partial charge in [-0.3, -0.25) is 0 Å². The van der Waals surface area contributed by atoms with E-state index in [2.05, 4.69) is 24.4 Å². The Morgan fingerprint density at radius 1 is 1.05 bits per heavy atom. The molecule has 0 aliphatic carbocycles. The summed E-state index contributed by atoms with van der Waals surface area (Å²) in [5.41, 5.74) is 2.17. The van der Waals surface area contributed by atoms with E-state index in [-0.39, 0.29) is 6.04 Å². The molecule has 0 aromatic heterocycles. The van der Waals surface area contributed by atoms with E-state index in [1.807, 2.05) is 30.3 Å². The van der Waals surface area contributed by atoms with Crippen molar-refractivity contribution in [3.63, 3.8) is 0 Å². The SMILES string of the molecule is COc1ccc([C@@H](C)NCc2c(Cl)cccc2OC)cc1. The van der Waals surface area contributed by atoms with Crippen molar-refractivity contribution in [1.82, 2.24) is 5.32 Å². The van der Waals surface area contributed by atoms with Crippen LogP contribution in [0.15, 0.2) is 42.5 Å². The van der Waals surface area contributed by atoms with Gasteiger partial charge in [0.1, 0.15) is 11.5 Å². The normalized spacial score (nSPS) is 12.0. The molecule has 0 saturated carbocycles. The van der Waals surface area contributed by atoms with Gasteiger partial charge in [-0.1, -0.05) is 29.8 Å². The van der Waals surface area contributed by atoms with E-state index in [0.29, 0.717) is 11.6 Å². The molecule has 0 aliphatic heterocycles. The summed E-state index contributed by atoms with van der Waals surface area (Å²) in [6.45, 7) is 2.77. The summed E-state index contributed by atoms with van der Waals surface area (Å²) in [6.07, 6.45) is 0. The monoisotopic (exact) mass is 305 g/mol. The summed E-state index contributed by atoms with van der Waals surface area (Å²) in [6, 6.07) is 13.9. The zero-order chi connectivity index (χ0) is 15.2. The summed E-state index contributed by atoms with van der Waals surface area (Å²) >= 11 is 6.24. The molecule has 3 nitrogen and oxygen atoms in total.